The van der Waals surface area contributed by atoms with E-state index in [2.05, 4.69) is 46.0 Å². The molecule has 0 aromatic carbocycles. The molecule has 48 heavy (non-hydrogen) atoms. The van der Waals surface area contributed by atoms with Crippen LogP contribution in [0.25, 0.3) is 0 Å². The normalized spacial score (nSPS) is 26.8. The lowest BCUT2D eigenvalue weighted by Gasteiger charge is -2.28. The summed E-state index contributed by atoms with van der Waals surface area (Å²) < 4.78 is 17.1. The SMILES string of the molecule is C1O[C@H]2CN[C@@H]1C2.Cl.Nc1ccc(N2C[C@H]3C[C@@H]2CO3)cn1.O=[N+]([O-])c1ccc(Br)cn1.O=[N+]([O-])c1ccc(N2C[C@H]3C[C@@H]2CO3)cn1. The number of anilines is 3. The van der Waals surface area contributed by atoms with E-state index in [-0.39, 0.29) is 24.0 Å². The molecule has 6 aliphatic heterocycles. The topological polar surface area (TPSA) is 197 Å². The summed E-state index contributed by atoms with van der Waals surface area (Å²) in [5.74, 6) is 0.335. The highest BCUT2D eigenvalue weighted by atomic mass is 79.9. The second-order valence-electron chi connectivity index (χ2n) is 12.0. The van der Waals surface area contributed by atoms with Gasteiger partial charge in [0.15, 0.2) is 12.4 Å². The number of nitro groups is 2. The molecule has 0 radical (unpaired) electrons. The smallest absolute Gasteiger partial charge is 0.363 e. The van der Waals surface area contributed by atoms with Gasteiger partial charge in [-0.2, -0.15) is 0 Å². The molecule has 6 bridgehead atoms. The summed E-state index contributed by atoms with van der Waals surface area (Å²) in [6.07, 6.45) is 9.57. The maximum Gasteiger partial charge on any atom is 0.363 e. The van der Waals surface area contributed by atoms with Gasteiger partial charge in [0.25, 0.3) is 0 Å². The number of halogens is 2. The van der Waals surface area contributed by atoms with Crippen LogP contribution in [0.2, 0.25) is 0 Å². The van der Waals surface area contributed by atoms with Gasteiger partial charge in [-0.1, -0.05) is 0 Å². The lowest BCUT2D eigenvalue weighted by Crippen LogP contribution is -2.36. The van der Waals surface area contributed by atoms with Crippen molar-refractivity contribution in [2.75, 3.05) is 55.0 Å². The fourth-order valence-corrected chi connectivity index (χ4v) is 6.65. The lowest BCUT2D eigenvalue weighted by atomic mass is 10.2. The van der Waals surface area contributed by atoms with Crippen LogP contribution >= 0.6 is 28.3 Å². The summed E-state index contributed by atoms with van der Waals surface area (Å²) in [7, 11) is 0. The summed E-state index contributed by atoms with van der Waals surface area (Å²) in [6, 6.07) is 11.7. The highest BCUT2D eigenvalue weighted by molar-refractivity contribution is 9.10. The third kappa shape index (κ3) is 8.83. The van der Waals surface area contributed by atoms with Crippen molar-refractivity contribution in [1.29, 1.82) is 0 Å². The Morgan fingerprint density at radius 2 is 1.29 bits per heavy atom. The zero-order chi connectivity index (χ0) is 32.9. The second-order valence-corrected chi connectivity index (χ2v) is 12.9. The van der Waals surface area contributed by atoms with Gasteiger partial charge in [0.05, 0.1) is 72.3 Å². The molecule has 3 N–H and O–H groups in total. The molecule has 3 aromatic rings. The number of nitrogens with one attached hydrogen (secondary N) is 1. The highest BCUT2D eigenvalue weighted by Gasteiger charge is 2.40. The number of fused-ring (bicyclic) bond motifs is 6. The van der Waals surface area contributed by atoms with Crippen molar-refractivity contribution in [3.8, 4) is 0 Å². The molecule has 6 fully saturated rings. The molecule has 0 amide bonds. The first-order valence-corrected chi connectivity index (χ1v) is 16.2. The number of rotatable bonds is 4. The van der Waals surface area contributed by atoms with E-state index in [1.54, 1.807) is 18.3 Å². The van der Waals surface area contributed by atoms with Gasteiger partial charge in [0.2, 0.25) is 0 Å². The molecular formula is C30H37BrClN9O7. The third-order valence-electron chi connectivity index (χ3n) is 8.77. The van der Waals surface area contributed by atoms with Gasteiger partial charge in [0.1, 0.15) is 5.82 Å². The van der Waals surface area contributed by atoms with Crippen LogP contribution in [0.1, 0.15) is 19.3 Å². The van der Waals surface area contributed by atoms with Crippen molar-refractivity contribution in [1.82, 2.24) is 20.3 Å². The number of hydrogen-bond acceptors (Lipinski definition) is 14. The van der Waals surface area contributed by atoms with E-state index in [1.165, 1.54) is 24.8 Å². The van der Waals surface area contributed by atoms with Gasteiger partial charge in [-0.3, -0.25) is 0 Å². The van der Waals surface area contributed by atoms with E-state index < -0.39 is 9.85 Å². The Bertz CT molecular complexity index is 1510. The van der Waals surface area contributed by atoms with Crippen molar-refractivity contribution >= 4 is 57.2 Å². The molecule has 0 spiro atoms. The van der Waals surface area contributed by atoms with Crippen LogP contribution in [-0.4, -0.2) is 101 Å². The molecule has 0 aliphatic carbocycles. The minimum atomic E-state index is -0.535. The molecule has 16 nitrogen and oxygen atoms in total. The summed E-state index contributed by atoms with van der Waals surface area (Å²) in [5, 5.41) is 23.8. The zero-order valence-corrected chi connectivity index (χ0v) is 28.3. The first-order valence-electron chi connectivity index (χ1n) is 15.4. The summed E-state index contributed by atoms with van der Waals surface area (Å²) in [5.41, 5.74) is 7.65. The predicted octanol–water partition coefficient (Wildman–Crippen LogP) is 3.53. The Balaban J connectivity index is 0.000000129. The van der Waals surface area contributed by atoms with Gasteiger partial charge in [0, 0.05) is 37.8 Å². The van der Waals surface area contributed by atoms with Gasteiger partial charge < -0.3 is 55.3 Å². The Kier molecular flexibility index (Phi) is 11.9. The monoisotopic (exact) mass is 749 g/mol. The Labute approximate surface area is 291 Å². The summed E-state index contributed by atoms with van der Waals surface area (Å²) in [4.78, 5) is 35.5. The quantitative estimate of drug-likeness (QED) is 0.290. The van der Waals surface area contributed by atoms with Gasteiger partial charge in [-0.25, -0.2) is 4.98 Å². The van der Waals surface area contributed by atoms with Crippen LogP contribution in [0.15, 0.2) is 59.5 Å². The molecule has 6 aliphatic rings. The Morgan fingerprint density at radius 3 is 1.60 bits per heavy atom. The fraction of sp³-hybridized carbons (Fsp3) is 0.500. The van der Waals surface area contributed by atoms with Crippen molar-refractivity contribution in [2.24, 2.45) is 0 Å². The summed E-state index contributed by atoms with van der Waals surface area (Å²) >= 11 is 3.11. The predicted molar refractivity (Wildman–Crippen MR) is 183 cm³/mol. The maximum absolute atomic E-state index is 10.5. The molecule has 9 heterocycles. The van der Waals surface area contributed by atoms with Crippen molar-refractivity contribution in [3.05, 3.63) is 79.7 Å². The minimum absolute atomic E-state index is 0. The maximum atomic E-state index is 10.5. The van der Waals surface area contributed by atoms with Gasteiger partial charge in [-0.05, 0) is 79.3 Å². The highest BCUT2D eigenvalue weighted by Crippen LogP contribution is 2.33. The Hall–Kier alpha value is -3.74. The number of pyridine rings is 3. The fourth-order valence-electron chi connectivity index (χ4n) is 6.42. The first kappa shape index (κ1) is 35.6. The van der Waals surface area contributed by atoms with Crippen LogP contribution < -0.4 is 20.9 Å². The number of hydrogen-bond donors (Lipinski definition) is 2. The van der Waals surface area contributed by atoms with Crippen LogP contribution in [-0.2, 0) is 14.2 Å². The second kappa shape index (κ2) is 16.1. The van der Waals surface area contributed by atoms with Crippen molar-refractivity contribution in [3.63, 3.8) is 0 Å². The lowest BCUT2D eigenvalue weighted by molar-refractivity contribution is -0.389. The molecule has 258 valence electrons. The van der Waals surface area contributed by atoms with Crippen LogP contribution in [0.5, 0.6) is 0 Å². The molecule has 0 saturated carbocycles. The molecule has 3 aromatic heterocycles. The van der Waals surface area contributed by atoms with E-state index in [9.17, 15) is 20.2 Å². The molecule has 6 atom stereocenters. The van der Waals surface area contributed by atoms with Gasteiger partial charge in [-0.15, -0.1) is 12.4 Å². The zero-order valence-electron chi connectivity index (χ0n) is 25.9. The molecule has 0 unspecified atom stereocenters. The molecular weight excluding hydrogens is 714 g/mol. The largest absolute Gasteiger partial charge is 0.384 e. The van der Waals surface area contributed by atoms with Crippen LogP contribution in [0.3, 0.4) is 0 Å². The standard InChI is InChI=1S/C10H11N3O3.C10H13N3O.C5H3BrN2O2.C5H9NO.ClH/c14-13(15)10-2-1-7(4-11-10)12-5-9-3-8(12)6-16-9;11-10-2-1-7(4-12-10)13-5-9-3-8(13)6-14-9;6-4-1-2-5(7-3-4)8(9)10;1-4-3-7-5(1)2-6-4;/h1-2,4,8-9H,3,5-6H2;1-2,4,8-9H,3,5-6H2,(H2,11,12);1-3H;4-6H,1-3H2;1H/t2*8-,9-;;4-,5-;/m11.1./s1. The number of morpholine rings is 3. The van der Waals surface area contributed by atoms with Gasteiger partial charge >= 0.3 is 11.6 Å². The molecule has 9 rings (SSSR count). The van der Waals surface area contributed by atoms with E-state index >= 15 is 0 Å². The van der Waals surface area contributed by atoms with Crippen LogP contribution in [0.4, 0.5) is 28.8 Å². The van der Waals surface area contributed by atoms with E-state index in [0.29, 0.717) is 42.3 Å². The summed E-state index contributed by atoms with van der Waals surface area (Å²) in [6.45, 7) is 5.51. The number of aromatic nitrogens is 3. The number of nitrogen functional groups attached to an aromatic ring is 1. The van der Waals surface area contributed by atoms with E-state index in [0.717, 1.165) is 68.1 Å². The van der Waals surface area contributed by atoms with Crippen LogP contribution in [0, 0.1) is 20.2 Å². The minimum Gasteiger partial charge on any atom is -0.384 e. The van der Waals surface area contributed by atoms with E-state index in [1.807, 2.05) is 18.3 Å². The van der Waals surface area contributed by atoms with Crippen molar-refractivity contribution < 1.29 is 24.1 Å². The van der Waals surface area contributed by atoms with Crippen molar-refractivity contribution in [2.45, 2.75) is 55.7 Å². The number of nitrogens with zero attached hydrogens (tertiary/aromatic N) is 7. The third-order valence-corrected chi connectivity index (χ3v) is 9.24. The average molecular weight is 751 g/mol. The molecule has 18 heteroatoms. The number of nitrogens with two attached hydrogens (primary N) is 1. The first-order chi connectivity index (χ1) is 22.7. The Morgan fingerprint density at radius 1 is 0.750 bits per heavy atom. The van der Waals surface area contributed by atoms with E-state index in [4.69, 9.17) is 19.9 Å². The average Bonchev–Trinajstić information content (AvgIpc) is 3.95. The molecule has 6 saturated heterocycles. The number of ether oxygens (including phenoxy) is 3.